The predicted molar refractivity (Wildman–Crippen MR) is 92.2 cm³/mol. The molecule has 3 rings (SSSR count). The first-order valence-corrected chi connectivity index (χ1v) is 8.17. The zero-order chi connectivity index (χ0) is 15.4. The van der Waals surface area contributed by atoms with Crippen molar-refractivity contribution in [3.05, 3.63) is 24.3 Å². The number of rotatable bonds is 5. The molecule has 0 radical (unpaired) electrons. The van der Waals surface area contributed by atoms with Crippen molar-refractivity contribution >= 4 is 24.0 Å². The fraction of sp³-hybridized carbons (Fsp3) is 0.588. The van der Waals surface area contributed by atoms with Crippen molar-refractivity contribution in [3.8, 4) is 5.75 Å². The molecule has 1 saturated carbocycles. The Bertz CT molecular complexity index is 503. The molecule has 0 aromatic heterocycles. The average molecular weight is 341 g/mol. The van der Waals surface area contributed by atoms with Gasteiger partial charge in [0.1, 0.15) is 11.9 Å². The highest BCUT2D eigenvalue weighted by atomic mass is 35.5. The Labute approximate surface area is 143 Å². The first kappa shape index (κ1) is 18.0. The number of amides is 1. The van der Waals surface area contributed by atoms with Crippen LogP contribution in [0.5, 0.6) is 5.75 Å². The number of nitrogens with one attached hydrogen (secondary N) is 1. The molecule has 1 aromatic rings. The molecular weight excluding hydrogens is 316 g/mol. The Balaban J connectivity index is 0.00000192. The molecule has 0 spiro atoms. The molecule has 5 nitrogen and oxygen atoms in total. The largest absolute Gasteiger partial charge is 0.490 e. The van der Waals surface area contributed by atoms with E-state index in [2.05, 4.69) is 5.32 Å². The minimum atomic E-state index is -0.386. The highest BCUT2D eigenvalue weighted by molar-refractivity contribution is 5.94. The van der Waals surface area contributed by atoms with Crippen molar-refractivity contribution in [3.63, 3.8) is 0 Å². The van der Waals surface area contributed by atoms with Crippen LogP contribution in [0.4, 0.5) is 5.69 Å². The lowest BCUT2D eigenvalue weighted by molar-refractivity contribution is -0.126. The van der Waals surface area contributed by atoms with E-state index < -0.39 is 0 Å². The van der Waals surface area contributed by atoms with Crippen molar-refractivity contribution in [1.29, 1.82) is 0 Å². The molecule has 1 aliphatic heterocycles. The van der Waals surface area contributed by atoms with Crippen LogP contribution >= 0.6 is 12.4 Å². The molecule has 0 unspecified atom stereocenters. The molecule has 1 aromatic carbocycles. The molecule has 1 heterocycles. The second-order valence-corrected chi connectivity index (χ2v) is 6.10. The van der Waals surface area contributed by atoms with Crippen molar-refractivity contribution in [1.82, 2.24) is 0 Å². The Hall–Kier alpha value is -1.30. The van der Waals surface area contributed by atoms with E-state index in [0.29, 0.717) is 12.6 Å². The van der Waals surface area contributed by atoms with Crippen LogP contribution < -0.4 is 15.8 Å². The highest BCUT2D eigenvalue weighted by Gasteiger charge is 2.29. The summed E-state index contributed by atoms with van der Waals surface area (Å²) in [4.78, 5) is 12.1. The normalized spacial score (nSPS) is 24.2. The molecule has 6 heteroatoms. The summed E-state index contributed by atoms with van der Waals surface area (Å²) in [6.07, 6.45) is 6.34. The molecule has 1 aliphatic carbocycles. The number of benzene rings is 1. The van der Waals surface area contributed by atoms with Crippen molar-refractivity contribution in [2.24, 2.45) is 5.73 Å². The number of carbonyl (C=O) groups is 1. The van der Waals surface area contributed by atoms with Crippen LogP contribution in [0.2, 0.25) is 0 Å². The number of carbonyl (C=O) groups excluding carboxylic acids is 1. The minimum Gasteiger partial charge on any atom is -0.490 e. The zero-order valence-electron chi connectivity index (χ0n) is 13.2. The molecule has 2 atom stereocenters. The van der Waals surface area contributed by atoms with Crippen LogP contribution in [0, 0.1) is 0 Å². The fourth-order valence-electron chi connectivity index (χ4n) is 3.11. The number of nitrogens with two attached hydrogens (primary N) is 1. The van der Waals surface area contributed by atoms with Crippen LogP contribution in [0.1, 0.15) is 38.5 Å². The van der Waals surface area contributed by atoms with E-state index in [9.17, 15) is 4.79 Å². The first-order valence-electron chi connectivity index (χ1n) is 8.17. The summed E-state index contributed by atoms with van der Waals surface area (Å²) < 4.78 is 11.5. The fourth-order valence-corrected chi connectivity index (χ4v) is 3.11. The van der Waals surface area contributed by atoms with E-state index >= 15 is 0 Å². The van der Waals surface area contributed by atoms with Gasteiger partial charge in [-0.05, 0) is 62.8 Å². The van der Waals surface area contributed by atoms with E-state index in [1.807, 2.05) is 24.3 Å². The Morgan fingerprint density at radius 1 is 1.17 bits per heavy atom. The van der Waals surface area contributed by atoms with Gasteiger partial charge < -0.3 is 20.5 Å². The lowest BCUT2D eigenvalue weighted by Crippen LogP contribution is -2.29. The van der Waals surface area contributed by atoms with Gasteiger partial charge in [-0.2, -0.15) is 0 Å². The molecule has 128 valence electrons. The summed E-state index contributed by atoms with van der Waals surface area (Å²) in [5.74, 6) is 0.769. The maximum atomic E-state index is 12.1. The number of ether oxygens (including phenoxy) is 2. The van der Waals surface area contributed by atoms with Crippen molar-refractivity contribution in [2.45, 2.75) is 56.8 Å². The van der Waals surface area contributed by atoms with Gasteiger partial charge in [-0.25, -0.2) is 0 Å². The van der Waals surface area contributed by atoms with Crippen molar-refractivity contribution in [2.75, 3.05) is 11.9 Å². The third-order valence-electron chi connectivity index (χ3n) is 4.39. The number of anilines is 1. The van der Waals surface area contributed by atoms with E-state index in [1.54, 1.807) is 0 Å². The third-order valence-corrected chi connectivity index (χ3v) is 4.39. The van der Waals surface area contributed by atoms with E-state index in [1.165, 1.54) is 12.8 Å². The van der Waals surface area contributed by atoms with Crippen LogP contribution in [-0.2, 0) is 9.53 Å². The van der Waals surface area contributed by atoms with Crippen LogP contribution in [0.25, 0.3) is 0 Å². The minimum absolute atomic E-state index is 0. The molecule has 3 N–H and O–H groups in total. The Kier molecular flexibility index (Phi) is 6.69. The molecule has 1 saturated heterocycles. The maximum Gasteiger partial charge on any atom is 0.253 e. The standard InChI is InChI=1S/C17H24N2O3.ClH/c18-11-15-9-10-16(22-15)17(20)19-12-5-7-14(8-6-12)21-13-3-1-2-4-13;/h5-8,13,15-16H,1-4,9-11,18H2,(H,19,20);1H/t15-,16+;/m1./s1. The number of hydrogen-bond donors (Lipinski definition) is 2. The van der Waals surface area contributed by atoms with Gasteiger partial charge in [-0.15, -0.1) is 12.4 Å². The monoisotopic (exact) mass is 340 g/mol. The molecule has 1 amide bonds. The molecular formula is C17H25ClN2O3. The van der Waals surface area contributed by atoms with E-state index in [-0.39, 0.29) is 30.5 Å². The summed E-state index contributed by atoms with van der Waals surface area (Å²) in [5, 5.41) is 2.89. The van der Waals surface area contributed by atoms with Gasteiger partial charge >= 0.3 is 0 Å². The smallest absolute Gasteiger partial charge is 0.253 e. The molecule has 0 bridgehead atoms. The number of hydrogen-bond acceptors (Lipinski definition) is 4. The van der Waals surface area contributed by atoms with Crippen molar-refractivity contribution < 1.29 is 14.3 Å². The zero-order valence-corrected chi connectivity index (χ0v) is 14.0. The average Bonchev–Trinajstić information content (AvgIpc) is 3.20. The van der Waals surface area contributed by atoms with Crippen LogP contribution in [0.15, 0.2) is 24.3 Å². The second kappa shape index (κ2) is 8.52. The molecule has 2 aliphatic rings. The third kappa shape index (κ3) is 4.83. The van der Waals surface area contributed by atoms with E-state index in [4.69, 9.17) is 15.2 Å². The van der Waals surface area contributed by atoms with Gasteiger partial charge in [0, 0.05) is 12.2 Å². The second-order valence-electron chi connectivity index (χ2n) is 6.10. The van der Waals surface area contributed by atoms with Gasteiger partial charge in [0.2, 0.25) is 0 Å². The van der Waals surface area contributed by atoms with Gasteiger partial charge in [-0.1, -0.05) is 0 Å². The summed E-state index contributed by atoms with van der Waals surface area (Å²) >= 11 is 0. The van der Waals surface area contributed by atoms with Crippen LogP contribution in [-0.4, -0.2) is 30.8 Å². The molecule has 2 fully saturated rings. The summed E-state index contributed by atoms with van der Waals surface area (Å²) in [6, 6.07) is 7.56. The Morgan fingerprint density at radius 3 is 2.48 bits per heavy atom. The van der Waals surface area contributed by atoms with Gasteiger partial charge in [0.05, 0.1) is 12.2 Å². The predicted octanol–water partition coefficient (Wildman–Crippen LogP) is 2.87. The van der Waals surface area contributed by atoms with Crippen LogP contribution in [0.3, 0.4) is 0 Å². The first-order chi connectivity index (χ1) is 10.7. The quantitative estimate of drug-likeness (QED) is 0.864. The molecule has 23 heavy (non-hydrogen) atoms. The maximum absolute atomic E-state index is 12.1. The number of halogens is 1. The van der Waals surface area contributed by atoms with E-state index in [0.717, 1.165) is 37.1 Å². The lowest BCUT2D eigenvalue weighted by atomic mass is 10.2. The van der Waals surface area contributed by atoms with Gasteiger partial charge in [0.25, 0.3) is 5.91 Å². The summed E-state index contributed by atoms with van der Waals surface area (Å²) in [6.45, 7) is 0.469. The van der Waals surface area contributed by atoms with Gasteiger partial charge in [-0.3, -0.25) is 4.79 Å². The Morgan fingerprint density at radius 2 is 1.87 bits per heavy atom. The lowest BCUT2D eigenvalue weighted by Gasteiger charge is -2.15. The highest BCUT2D eigenvalue weighted by Crippen LogP contribution is 2.25. The summed E-state index contributed by atoms with van der Waals surface area (Å²) in [7, 11) is 0. The van der Waals surface area contributed by atoms with Gasteiger partial charge in [0.15, 0.2) is 0 Å². The summed E-state index contributed by atoms with van der Waals surface area (Å²) in [5.41, 5.74) is 6.33. The topological polar surface area (TPSA) is 73.6 Å². The SMILES string of the molecule is Cl.NC[C@H]1CC[C@@H](C(=O)Nc2ccc(OC3CCCC3)cc2)O1.